The lowest BCUT2D eigenvalue weighted by molar-refractivity contribution is -0.143. The first-order valence-electron chi connectivity index (χ1n) is 18.9. The highest BCUT2D eigenvalue weighted by Crippen LogP contribution is 2.13. The topological polar surface area (TPSA) is 362 Å². The maximum Gasteiger partial charge on any atom is 0.326 e. The molecule has 1 aromatic carbocycles. The number of hydrogen-bond acceptors (Lipinski definition) is 13. The number of benzene rings is 1. The number of unbranched alkanes of at least 4 members (excludes halogenated alkanes) is 1. The number of amides is 6. The van der Waals surface area contributed by atoms with Gasteiger partial charge in [0.2, 0.25) is 35.4 Å². The Kier molecular flexibility index (Phi) is 21.9. The summed E-state index contributed by atoms with van der Waals surface area (Å²) in [6.45, 7) is 6.96. The van der Waals surface area contributed by atoms with E-state index in [9.17, 15) is 63.9 Å². The van der Waals surface area contributed by atoms with Crippen LogP contribution in [0.25, 0.3) is 0 Å². The summed E-state index contributed by atoms with van der Waals surface area (Å²) in [7, 11) is 0. The van der Waals surface area contributed by atoms with Gasteiger partial charge < -0.3 is 68.9 Å². The Bertz CT molecular complexity index is 1560. The van der Waals surface area contributed by atoms with E-state index in [4.69, 9.17) is 11.5 Å². The van der Waals surface area contributed by atoms with Crippen LogP contribution in [-0.4, -0.2) is 134 Å². The Morgan fingerprint density at radius 3 is 1.59 bits per heavy atom. The summed E-state index contributed by atoms with van der Waals surface area (Å²) in [5.74, 6) is -9.84. The van der Waals surface area contributed by atoms with Gasteiger partial charge in [-0.25, -0.2) is 4.79 Å². The number of rotatable bonds is 26. The van der Waals surface area contributed by atoms with E-state index < -0.39 is 127 Å². The molecule has 58 heavy (non-hydrogen) atoms. The predicted molar refractivity (Wildman–Crippen MR) is 207 cm³/mol. The fourth-order valence-corrected chi connectivity index (χ4v) is 5.53. The van der Waals surface area contributed by atoms with Crippen LogP contribution in [0.15, 0.2) is 24.3 Å². The first kappa shape index (κ1) is 50.6. The van der Waals surface area contributed by atoms with E-state index in [1.54, 1.807) is 39.8 Å². The molecule has 1 aromatic rings. The van der Waals surface area contributed by atoms with E-state index in [0.717, 1.165) is 0 Å². The number of hydrogen-bond donors (Lipinski definition) is 13. The minimum absolute atomic E-state index is 0.00963. The predicted octanol–water partition coefficient (Wildman–Crippen LogP) is -3.07. The van der Waals surface area contributed by atoms with Crippen LogP contribution in [0.5, 0.6) is 5.75 Å². The summed E-state index contributed by atoms with van der Waals surface area (Å²) < 4.78 is 0. The molecule has 1 rings (SSSR count). The molecule has 0 heterocycles. The zero-order valence-electron chi connectivity index (χ0n) is 33.4. The zero-order valence-corrected chi connectivity index (χ0v) is 33.4. The molecule has 326 valence electrons. The van der Waals surface area contributed by atoms with E-state index in [-0.39, 0.29) is 18.6 Å². The van der Waals surface area contributed by atoms with Crippen molar-refractivity contribution < 1.29 is 63.9 Å². The lowest BCUT2D eigenvalue weighted by Crippen LogP contribution is -2.61. The molecule has 8 atom stereocenters. The van der Waals surface area contributed by atoms with Crippen LogP contribution in [0.1, 0.15) is 72.3 Å². The summed E-state index contributed by atoms with van der Waals surface area (Å²) in [6, 6.07) is -4.15. The maximum atomic E-state index is 13.6. The summed E-state index contributed by atoms with van der Waals surface area (Å²) in [5, 5.41) is 62.5. The van der Waals surface area contributed by atoms with Gasteiger partial charge >= 0.3 is 11.9 Å². The van der Waals surface area contributed by atoms with Gasteiger partial charge in [-0.1, -0.05) is 39.8 Å². The molecule has 21 heteroatoms. The minimum Gasteiger partial charge on any atom is -0.508 e. The molecule has 0 fully saturated rings. The van der Waals surface area contributed by atoms with Crippen LogP contribution in [-0.2, 0) is 44.8 Å². The molecule has 0 aliphatic rings. The van der Waals surface area contributed by atoms with Crippen molar-refractivity contribution in [1.82, 2.24) is 31.9 Å². The van der Waals surface area contributed by atoms with Crippen LogP contribution < -0.4 is 43.4 Å². The van der Waals surface area contributed by atoms with Crippen molar-refractivity contribution >= 4 is 47.4 Å². The van der Waals surface area contributed by atoms with Gasteiger partial charge in [0.25, 0.3) is 0 Å². The largest absolute Gasteiger partial charge is 0.508 e. The smallest absolute Gasteiger partial charge is 0.326 e. The number of aliphatic hydroxyl groups excluding tert-OH is 2. The molecule has 0 aliphatic heterocycles. The summed E-state index contributed by atoms with van der Waals surface area (Å²) in [6.07, 6.45) is -1.78. The van der Waals surface area contributed by atoms with Gasteiger partial charge in [-0.05, 0) is 68.7 Å². The van der Waals surface area contributed by atoms with Gasteiger partial charge in [-0.15, -0.1) is 0 Å². The van der Waals surface area contributed by atoms with Crippen LogP contribution in [0.4, 0.5) is 0 Å². The molecule has 0 aromatic heterocycles. The quantitative estimate of drug-likeness (QED) is 0.0413. The molecule has 0 radical (unpaired) electrons. The molecule has 0 unspecified atom stereocenters. The third-order valence-corrected chi connectivity index (χ3v) is 8.82. The van der Waals surface area contributed by atoms with Crippen LogP contribution in [0.3, 0.4) is 0 Å². The fraction of sp³-hybridized carbons (Fsp3) is 0.622. The van der Waals surface area contributed by atoms with Gasteiger partial charge in [-0.3, -0.25) is 33.6 Å². The molecule has 21 nitrogen and oxygen atoms in total. The monoisotopic (exact) mass is 824 g/mol. The van der Waals surface area contributed by atoms with Gasteiger partial charge in [0.15, 0.2) is 0 Å². The number of nitrogens with one attached hydrogen (secondary N) is 6. The highest BCUT2D eigenvalue weighted by atomic mass is 16.4. The molecule has 0 aliphatic carbocycles. The Balaban J connectivity index is 3.16. The third kappa shape index (κ3) is 17.8. The molecule has 0 saturated carbocycles. The van der Waals surface area contributed by atoms with Crippen molar-refractivity contribution in [3.05, 3.63) is 29.8 Å². The fourth-order valence-electron chi connectivity index (χ4n) is 5.53. The molecule has 0 saturated heterocycles. The first-order chi connectivity index (χ1) is 27.1. The van der Waals surface area contributed by atoms with Crippen LogP contribution in [0, 0.1) is 11.8 Å². The first-order valence-corrected chi connectivity index (χ1v) is 18.9. The van der Waals surface area contributed by atoms with Crippen molar-refractivity contribution in [1.29, 1.82) is 0 Å². The summed E-state index contributed by atoms with van der Waals surface area (Å²) >= 11 is 0. The number of aliphatic carboxylic acids is 2. The van der Waals surface area contributed by atoms with E-state index in [0.29, 0.717) is 24.9 Å². The lowest BCUT2D eigenvalue weighted by atomic mass is 9.98. The highest BCUT2D eigenvalue weighted by molar-refractivity contribution is 5.98. The number of phenols is 1. The van der Waals surface area contributed by atoms with Crippen molar-refractivity contribution in [2.75, 3.05) is 13.2 Å². The standard InChI is InChI=1S/C37H60N8O13/c1-18(2)29(45-36(56)30(19(3)4)44-31(51)23(39)15-21-9-11-22(48)12-10-21)35(55)42-26(16-28(49)50)33(53)41-25(14-20(5)47)32(52)43-27(17-46)34(54)40-24(37(57)58)8-6-7-13-38/h9-12,18-20,23-27,29-30,46-48H,6-8,13-17,38-39H2,1-5H3,(H,40,54)(H,41,53)(H,42,55)(H,43,52)(H,44,51)(H,45,56)(H,49,50)(H,57,58)/t20-,23+,24+,25+,26+,27+,29+,30+/m1/s1. The van der Waals surface area contributed by atoms with Crippen molar-refractivity contribution in [2.45, 2.75) is 122 Å². The molecule has 6 amide bonds. The number of carbonyl (C=O) groups is 8. The zero-order chi connectivity index (χ0) is 44.3. The van der Waals surface area contributed by atoms with E-state index in [2.05, 4.69) is 31.9 Å². The Labute approximate surface area is 336 Å². The molecule has 0 bridgehead atoms. The van der Waals surface area contributed by atoms with E-state index in [1.165, 1.54) is 19.1 Å². The third-order valence-electron chi connectivity index (χ3n) is 8.82. The Hall–Kier alpha value is -5.38. The second kappa shape index (κ2) is 25.1. The SMILES string of the molecule is CC(C)[C@H](NC(=O)[C@@H](NC(=O)[C@@H](N)Cc1ccc(O)cc1)C(C)C)C(=O)N[C@@H](CC(=O)O)C(=O)N[C@@H](C[C@@H](C)O)C(=O)N[C@@H](CO)C(=O)N[C@@H](CCCCN)C(=O)O. The van der Waals surface area contributed by atoms with Gasteiger partial charge in [0, 0.05) is 6.42 Å². The second-order valence-electron chi connectivity index (χ2n) is 14.7. The number of aliphatic hydroxyl groups is 2. The average molecular weight is 825 g/mol. The molecule has 15 N–H and O–H groups in total. The number of carboxylic acid groups (broad SMARTS) is 2. The average Bonchev–Trinajstić information content (AvgIpc) is 3.13. The number of aromatic hydroxyl groups is 1. The van der Waals surface area contributed by atoms with Crippen molar-refractivity contribution in [3.63, 3.8) is 0 Å². The lowest BCUT2D eigenvalue weighted by Gasteiger charge is -2.29. The number of nitrogens with two attached hydrogens (primary N) is 2. The second-order valence-corrected chi connectivity index (χ2v) is 14.7. The molecular weight excluding hydrogens is 764 g/mol. The normalized spacial score (nSPS) is 15.4. The molecular formula is C37H60N8O13. The van der Waals surface area contributed by atoms with Crippen molar-refractivity contribution in [2.24, 2.45) is 23.3 Å². The van der Waals surface area contributed by atoms with E-state index >= 15 is 0 Å². The van der Waals surface area contributed by atoms with Crippen LogP contribution in [0.2, 0.25) is 0 Å². The highest BCUT2D eigenvalue weighted by Gasteiger charge is 2.36. The van der Waals surface area contributed by atoms with Crippen LogP contribution >= 0.6 is 0 Å². The van der Waals surface area contributed by atoms with Gasteiger partial charge in [0.1, 0.15) is 42.0 Å². The summed E-state index contributed by atoms with van der Waals surface area (Å²) in [5.41, 5.74) is 12.2. The van der Waals surface area contributed by atoms with Gasteiger partial charge in [-0.2, -0.15) is 0 Å². The van der Waals surface area contributed by atoms with E-state index in [1.807, 2.05) is 0 Å². The number of carboxylic acids is 2. The molecule has 0 spiro atoms. The number of carbonyl (C=O) groups excluding carboxylic acids is 6. The summed E-state index contributed by atoms with van der Waals surface area (Å²) in [4.78, 5) is 103. The van der Waals surface area contributed by atoms with Crippen molar-refractivity contribution in [3.8, 4) is 5.75 Å². The van der Waals surface area contributed by atoms with Gasteiger partial charge in [0.05, 0.1) is 25.2 Å². The Morgan fingerprint density at radius 2 is 1.10 bits per heavy atom. The number of phenolic OH excluding ortho intramolecular Hbond substituents is 1. The maximum absolute atomic E-state index is 13.6. The Morgan fingerprint density at radius 1 is 0.638 bits per heavy atom. The minimum atomic E-state index is -1.84.